The smallest absolute Gasteiger partial charge is 0.323 e. The summed E-state index contributed by atoms with van der Waals surface area (Å²) in [5.74, 6) is -0.784. The fourth-order valence-corrected chi connectivity index (χ4v) is 1.06. The van der Waals surface area contributed by atoms with Crippen LogP contribution in [0.15, 0.2) is 12.7 Å². The van der Waals surface area contributed by atoms with Crippen molar-refractivity contribution in [3.63, 3.8) is 0 Å². The number of aliphatic carboxylic acids is 1. The molecule has 1 heterocycles. The van der Waals surface area contributed by atoms with E-state index >= 15 is 0 Å². The van der Waals surface area contributed by atoms with Gasteiger partial charge in [0.15, 0.2) is 5.82 Å². The van der Waals surface area contributed by atoms with Gasteiger partial charge in [0.2, 0.25) is 0 Å². The SMILES string of the molecule is C=CCN(CC(=O)O)C(=O)NCc1nn[nH]n1. The highest BCUT2D eigenvalue weighted by Gasteiger charge is 2.15. The van der Waals surface area contributed by atoms with Crippen LogP contribution in [0, 0.1) is 0 Å². The maximum atomic E-state index is 11.6. The first-order valence-corrected chi connectivity index (χ1v) is 4.71. The van der Waals surface area contributed by atoms with E-state index in [-0.39, 0.29) is 13.1 Å². The average Bonchev–Trinajstić information content (AvgIpc) is 2.77. The number of carboxylic acids is 1. The number of H-pyrrole nitrogens is 1. The monoisotopic (exact) mass is 240 g/mol. The molecular weight excluding hydrogens is 228 g/mol. The van der Waals surface area contributed by atoms with Crippen molar-refractivity contribution in [2.75, 3.05) is 13.1 Å². The molecule has 0 bridgehead atoms. The Hall–Kier alpha value is -2.45. The van der Waals surface area contributed by atoms with Crippen molar-refractivity contribution in [1.82, 2.24) is 30.8 Å². The van der Waals surface area contributed by atoms with Gasteiger partial charge in [-0.05, 0) is 0 Å². The molecule has 17 heavy (non-hydrogen) atoms. The van der Waals surface area contributed by atoms with Crippen LogP contribution in [0.4, 0.5) is 4.79 Å². The molecule has 0 aliphatic carbocycles. The van der Waals surface area contributed by atoms with E-state index in [0.717, 1.165) is 4.90 Å². The van der Waals surface area contributed by atoms with Gasteiger partial charge in [0, 0.05) is 6.54 Å². The van der Waals surface area contributed by atoms with Gasteiger partial charge in [-0.2, -0.15) is 5.21 Å². The normalized spacial score (nSPS) is 9.65. The number of carbonyl (C=O) groups is 2. The van der Waals surface area contributed by atoms with E-state index in [0.29, 0.717) is 5.82 Å². The van der Waals surface area contributed by atoms with Crippen LogP contribution in [-0.2, 0) is 11.3 Å². The van der Waals surface area contributed by atoms with Gasteiger partial charge in [0.05, 0.1) is 6.54 Å². The van der Waals surface area contributed by atoms with E-state index in [2.05, 4.69) is 32.5 Å². The molecule has 9 nitrogen and oxygen atoms in total. The van der Waals surface area contributed by atoms with E-state index < -0.39 is 18.5 Å². The van der Waals surface area contributed by atoms with Gasteiger partial charge in [0.1, 0.15) is 6.54 Å². The number of aromatic amines is 1. The number of carboxylic acid groups (broad SMARTS) is 1. The van der Waals surface area contributed by atoms with Crippen molar-refractivity contribution in [2.45, 2.75) is 6.54 Å². The average molecular weight is 240 g/mol. The largest absolute Gasteiger partial charge is 0.480 e. The fraction of sp³-hybridized carbons (Fsp3) is 0.375. The van der Waals surface area contributed by atoms with Crippen molar-refractivity contribution in [3.05, 3.63) is 18.5 Å². The summed E-state index contributed by atoms with van der Waals surface area (Å²) in [5.41, 5.74) is 0. The number of amides is 2. The second-order valence-corrected chi connectivity index (χ2v) is 3.05. The Bertz CT molecular complexity index is 390. The van der Waals surface area contributed by atoms with Crippen molar-refractivity contribution in [3.8, 4) is 0 Å². The Kier molecular flexibility index (Phi) is 4.60. The molecule has 0 fully saturated rings. The fourth-order valence-electron chi connectivity index (χ4n) is 1.06. The van der Waals surface area contributed by atoms with Crippen LogP contribution in [0.25, 0.3) is 0 Å². The first-order valence-electron chi connectivity index (χ1n) is 4.71. The van der Waals surface area contributed by atoms with Crippen LogP contribution in [-0.4, -0.2) is 55.7 Å². The Morgan fingerprint density at radius 2 is 2.35 bits per heavy atom. The Labute approximate surface area is 96.5 Å². The van der Waals surface area contributed by atoms with Gasteiger partial charge in [-0.15, -0.1) is 16.8 Å². The number of rotatable bonds is 6. The van der Waals surface area contributed by atoms with Gasteiger partial charge >= 0.3 is 12.0 Å². The van der Waals surface area contributed by atoms with Gasteiger partial charge in [-0.3, -0.25) is 4.79 Å². The maximum absolute atomic E-state index is 11.6. The molecule has 1 aromatic heterocycles. The summed E-state index contributed by atoms with van der Waals surface area (Å²) in [4.78, 5) is 23.2. The zero-order valence-corrected chi connectivity index (χ0v) is 8.96. The second kappa shape index (κ2) is 6.20. The number of nitrogens with one attached hydrogen (secondary N) is 2. The number of nitrogens with zero attached hydrogens (tertiary/aromatic N) is 4. The van der Waals surface area contributed by atoms with Gasteiger partial charge < -0.3 is 15.3 Å². The number of hydrogen-bond donors (Lipinski definition) is 3. The molecule has 0 spiro atoms. The highest BCUT2D eigenvalue weighted by Crippen LogP contribution is 1.92. The van der Waals surface area contributed by atoms with Crippen LogP contribution in [0.5, 0.6) is 0 Å². The third-order valence-corrected chi connectivity index (χ3v) is 1.75. The minimum atomic E-state index is -1.10. The zero-order chi connectivity index (χ0) is 12.7. The summed E-state index contributed by atoms with van der Waals surface area (Å²) >= 11 is 0. The van der Waals surface area contributed by atoms with Gasteiger partial charge in [-0.1, -0.05) is 11.3 Å². The maximum Gasteiger partial charge on any atom is 0.323 e. The summed E-state index contributed by atoms with van der Waals surface area (Å²) in [6, 6.07) is -0.530. The molecule has 0 unspecified atom stereocenters. The van der Waals surface area contributed by atoms with Gasteiger partial charge in [0.25, 0.3) is 0 Å². The highest BCUT2D eigenvalue weighted by atomic mass is 16.4. The predicted molar refractivity (Wildman–Crippen MR) is 55.8 cm³/mol. The summed E-state index contributed by atoms with van der Waals surface area (Å²) in [6.07, 6.45) is 1.44. The lowest BCUT2D eigenvalue weighted by molar-refractivity contribution is -0.137. The number of carbonyl (C=O) groups excluding carboxylic acids is 1. The first kappa shape index (κ1) is 12.6. The zero-order valence-electron chi connectivity index (χ0n) is 8.96. The predicted octanol–water partition coefficient (Wildman–Crippen LogP) is -1.02. The number of aromatic nitrogens is 4. The second-order valence-electron chi connectivity index (χ2n) is 3.05. The third kappa shape index (κ3) is 4.28. The molecule has 92 valence electrons. The van der Waals surface area contributed by atoms with Crippen molar-refractivity contribution >= 4 is 12.0 Å². The topological polar surface area (TPSA) is 124 Å². The molecule has 0 atom stereocenters. The van der Waals surface area contributed by atoms with E-state index in [1.54, 1.807) is 0 Å². The molecular formula is C8H12N6O3. The van der Waals surface area contributed by atoms with E-state index in [1.165, 1.54) is 6.08 Å². The molecule has 0 saturated heterocycles. The Morgan fingerprint density at radius 1 is 1.59 bits per heavy atom. The first-order chi connectivity index (χ1) is 8.13. The molecule has 1 rings (SSSR count). The van der Waals surface area contributed by atoms with Crippen molar-refractivity contribution in [1.29, 1.82) is 0 Å². The quantitative estimate of drug-likeness (QED) is 0.547. The van der Waals surface area contributed by atoms with Crippen molar-refractivity contribution < 1.29 is 14.7 Å². The third-order valence-electron chi connectivity index (χ3n) is 1.75. The van der Waals surface area contributed by atoms with Crippen LogP contribution >= 0.6 is 0 Å². The molecule has 0 saturated carbocycles. The molecule has 1 aromatic rings. The molecule has 2 amide bonds. The van der Waals surface area contributed by atoms with E-state index in [1.807, 2.05) is 0 Å². The Morgan fingerprint density at radius 3 is 2.88 bits per heavy atom. The summed E-state index contributed by atoms with van der Waals surface area (Å²) in [7, 11) is 0. The minimum absolute atomic E-state index is 0.0720. The summed E-state index contributed by atoms with van der Waals surface area (Å²) in [5, 5.41) is 23.9. The van der Waals surface area contributed by atoms with Crippen molar-refractivity contribution in [2.24, 2.45) is 0 Å². The lowest BCUT2D eigenvalue weighted by Gasteiger charge is -2.18. The standard InChI is InChI=1S/C8H12N6O3/c1-2-3-14(5-7(15)16)8(17)9-4-6-10-12-13-11-6/h2H,1,3-5H2,(H,9,17)(H,15,16)(H,10,11,12,13). The summed E-state index contributed by atoms with van der Waals surface area (Å²) < 4.78 is 0. The molecule has 3 N–H and O–H groups in total. The minimum Gasteiger partial charge on any atom is -0.480 e. The summed E-state index contributed by atoms with van der Waals surface area (Å²) in [6.45, 7) is 3.26. The Balaban J connectivity index is 2.46. The molecule has 0 radical (unpaired) electrons. The lowest BCUT2D eigenvalue weighted by atomic mass is 10.4. The van der Waals surface area contributed by atoms with Gasteiger partial charge in [-0.25, -0.2) is 4.79 Å². The van der Waals surface area contributed by atoms with E-state index in [4.69, 9.17) is 5.11 Å². The molecule has 0 aliphatic heterocycles. The highest BCUT2D eigenvalue weighted by molar-refractivity contribution is 5.80. The number of tetrazole rings is 1. The molecule has 0 aliphatic rings. The van der Waals surface area contributed by atoms with Crippen LogP contribution < -0.4 is 5.32 Å². The number of urea groups is 1. The van der Waals surface area contributed by atoms with Crippen LogP contribution in [0.2, 0.25) is 0 Å². The molecule has 9 heteroatoms. The van der Waals surface area contributed by atoms with Crippen LogP contribution in [0.3, 0.4) is 0 Å². The molecule has 0 aromatic carbocycles. The van der Waals surface area contributed by atoms with Crippen LogP contribution in [0.1, 0.15) is 5.82 Å². The lowest BCUT2D eigenvalue weighted by Crippen LogP contribution is -2.42. The number of hydrogen-bond acceptors (Lipinski definition) is 5. The van der Waals surface area contributed by atoms with E-state index in [9.17, 15) is 9.59 Å².